The van der Waals surface area contributed by atoms with Crippen LogP contribution in [0.1, 0.15) is 52.9 Å². The van der Waals surface area contributed by atoms with Crippen LogP contribution in [0.4, 0.5) is 0 Å². The zero-order valence-electron chi connectivity index (χ0n) is 10.6. The maximum atomic E-state index is 11.1. The monoisotopic (exact) mass is 222 g/mol. The van der Waals surface area contributed by atoms with Crippen molar-refractivity contribution < 1.29 is 9.53 Å². The van der Waals surface area contributed by atoms with E-state index in [9.17, 15) is 4.79 Å². The summed E-state index contributed by atoms with van der Waals surface area (Å²) >= 11 is 0. The van der Waals surface area contributed by atoms with Gasteiger partial charge in [0.25, 0.3) is 0 Å². The molecule has 3 atom stereocenters. The maximum absolute atomic E-state index is 11.1. The highest BCUT2D eigenvalue weighted by molar-refractivity contribution is 5.66. The number of hydrogen-bond acceptors (Lipinski definition) is 2. The zero-order chi connectivity index (χ0) is 11.8. The Labute approximate surface area is 98.1 Å². The number of esters is 1. The first-order valence-electron chi connectivity index (χ1n) is 6.41. The smallest absolute Gasteiger partial charge is 0.302 e. The van der Waals surface area contributed by atoms with Crippen molar-refractivity contribution in [1.29, 1.82) is 0 Å². The largest absolute Gasteiger partial charge is 0.462 e. The lowest BCUT2D eigenvalue weighted by atomic mass is 9.66. The van der Waals surface area contributed by atoms with E-state index in [1.165, 1.54) is 32.6 Å². The molecule has 0 radical (unpaired) electrons. The quantitative estimate of drug-likeness (QED) is 0.501. The fourth-order valence-electron chi connectivity index (χ4n) is 3.80. The van der Waals surface area contributed by atoms with Crippen molar-refractivity contribution >= 4 is 5.97 Å². The molecular weight excluding hydrogens is 200 g/mol. The van der Waals surface area contributed by atoms with E-state index in [2.05, 4.69) is 19.9 Å². The molecule has 2 saturated carbocycles. The molecule has 90 valence electrons. The van der Waals surface area contributed by atoms with Gasteiger partial charge in [0.15, 0.2) is 0 Å². The van der Waals surface area contributed by atoms with Gasteiger partial charge in [-0.2, -0.15) is 0 Å². The average Bonchev–Trinajstić information content (AvgIpc) is 2.54. The van der Waals surface area contributed by atoms with Gasteiger partial charge in [-0.3, -0.25) is 4.79 Å². The Bertz CT molecular complexity index is 319. The molecule has 2 rings (SSSR count). The van der Waals surface area contributed by atoms with Gasteiger partial charge in [-0.25, -0.2) is 0 Å². The van der Waals surface area contributed by atoms with Crippen molar-refractivity contribution in [2.75, 3.05) is 0 Å². The molecule has 0 amide bonds. The van der Waals surface area contributed by atoms with Gasteiger partial charge in [0.2, 0.25) is 0 Å². The van der Waals surface area contributed by atoms with Gasteiger partial charge < -0.3 is 4.74 Å². The number of ether oxygens (including phenoxy) is 1. The fraction of sp³-hybridized carbons (Fsp3) is 0.786. The maximum Gasteiger partial charge on any atom is 0.302 e. The standard InChI is InChI=1S/C14H22O2/c1-4-11-7-8-12-13(16-10(2)15)6-5-9-14(11,12)3/h4,12-13H,5-9H2,1-3H3/b11-4-/t12-,13-,14+/m0/s1. The van der Waals surface area contributed by atoms with Crippen molar-refractivity contribution in [1.82, 2.24) is 0 Å². The van der Waals surface area contributed by atoms with Gasteiger partial charge in [-0.05, 0) is 44.4 Å². The molecule has 0 heterocycles. The molecule has 2 nitrogen and oxygen atoms in total. The predicted molar refractivity (Wildman–Crippen MR) is 64.0 cm³/mol. The molecule has 2 heteroatoms. The van der Waals surface area contributed by atoms with E-state index in [0.717, 1.165) is 6.42 Å². The summed E-state index contributed by atoms with van der Waals surface area (Å²) in [7, 11) is 0. The van der Waals surface area contributed by atoms with E-state index in [1.807, 2.05) is 0 Å². The third kappa shape index (κ3) is 1.79. The Hall–Kier alpha value is -0.790. The summed E-state index contributed by atoms with van der Waals surface area (Å²) in [5.74, 6) is 0.430. The Morgan fingerprint density at radius 3 is 2.88 bits per heavy atom. The Balaban J connectivity index is 2.19. The van der Waals surface area contributed by atoms with Gasteiger partial charge in [0, 0.05) is 12.8 Å². The summed E-state index contributed by atoms with van der Waals surface area (Å²) in [4.78, 5) is 11.1. The van der Waals surface area contributed by atoms with Crippen LogP contribution in [0.25, 0.3) is 0 Å². The second-order valence-corrected chi connectivity index (χ2v) is 5.42. The van der Waals surface area contributed by atoms with Crippen LogP contribution in [0.3, 0.4) is 0 Å². The van der Waals surface area contributed by atoms with Crippen LogP contribution in [0, 0.1) is 11.3 Å². The highest BCUT2D eigenvalue weighted by Gasteiger charge is 2.49. The lowest BCUT2D eigenvalue weighted by Gasteiger charge is -2.42. The van der Waals surface area contributed by atoms with Crippen molar-refractivity contribution in [2.24, 2.45) is 11.3 Å². The van der Waals surface area contributed by atoms with Crippen LogP contribution in [0.2, 0.25) is 0 Å². The predicted octanol–water partition coefficient (Wildman–Crippen LogP) is 3.46. The number of carbonyl (C=O) groups excluding carboxylic acids is 1. The van der Waals surface area contributed by atoms with Crippen LogP contribution >= 0.6 is 0 Å². The average molecular weight is 222 g/mol. The minimum atomic E-state index is -0.122. The molecule has 0 spiro atoms. The summed E-state index contributed by atoms with van der Waals surface area (Å²) in [6.07, 6.45) is 8.31. The fourth-order valence-corrected chi connectivity index (χ4v) is 3.80. The second kappa shape index (κ2) is 4.23. The minimum absolute atomic E-state index is 0.122. The van der Waals surface area contributed by atoms with Crippen LogP contribution in [-0.2, 0) is 9.53 Å². The molecule has 0 aromatic carbocycles. The van der Waals surface area contributed by atoms with E-state index < -0.39 is 0 Å². The molecule has 0 N–H and O–H groups in total. The number of rotatable bonds is 1. The summed E-state index contributed by atoms with van der Waals surface area (Å²) in [6.45, 7) is 6.02. The molecule has 2 aliphatic rings. The first-order valence-corrected chi connectivity index (χ1v) is 6.41. The van der Waals surface area contributed by atoms with Crippen LogP contribution in [-0.4, -0.2) is 12.1 Å². The van der Waals surface area contributed by atoms with Crippen molar-refractivity contribution in [3.05, 3.63) is 11.6 Å². The summed E-state index contributed by atoms with van der Waals surface area (Å²) < 4.78 is 5.50. The molecule has 0 aliphatic heterocycles. The van der Waals surface area contributed by atoms with Gasteiger partial charge in [0.1, 0.15) is 6.10 Å². The van der Waals surface area contributed by atoms with Crippen molar-refractivity contribution in [3.63, 3.8) is 0 Å². The summed E-state index contributed by atoms with van der Waals surface area (Å²) in [5, 5.41) is 0. The first kappa shape index (κ1) is 11.7. The summed E-state index contributed by atoms with van der Waals surface area (Å²) in [5.41, 5.74) is 1.88. The number of allylic oxidation sites excluding steroid dienone is 2. The molecule has 0 saturated heterocycles. The lowest BCUT2D eigenvalue weighted by molar-refractivity contribution is -0.153. The molecule has 2 fully saturated rings. The zero-order valence-corrected chi connectivity index (χ0v) is 10.6. The molecule has 0 aromatic rings. The second-order valence-electron chi connectivity index (χ2n) is 5.42. The SMILES string of the molecule is C/C=C1/CC[C@H]2[C@@H](OC(C)=O)CCC[C@]12C. The molecule has 16 heavy (non-hydrogen) atoms. The van der Waals surface area contributed by atoms with Crippen LogP contribution < -0.4 is 0 Å². The highest BCUT2D eigenvalue weighted by Crippen LogP contribution is 2.55. The van der Waals surface area contributed by atoms with Crippen LogP contribution in [0.15, 0.2) is 11.6 Å². The van der Waals surface area contributed by atoms with E-state index >= 15 is 0 Å². The number of fused-ring (bicyclic) bond motifs is 1. The summed E-state index contributed by atoms with van der Waals surface area (Å²) in [6, 6.07) is 0. The van der Waals surface area contributed by atoms with Crippen LogP contribution in [0.5, 0.6) is 0 Å². The van der Waals surface area contributed by atoms with Gasteiger partial charge in [-0.15, -0.1) is 0 Å². The van der Waals surface area contributed by atoms with Gasteiger partial charge in [-0.1, -0.05) is 18.6 Å². The molecule has 0 aromatic heterocycles. The molecule has 0 unspecified atom stereocenters. The van der Waals surface area contributed by atoms with E-state index in [0.29, 0.717) is 11.3 Å². The third-order valence-corrected chi connectivity index (χ3v) is 4.58. The van der Waals surface area contributed by atoms with Crippen molar-refractivity contribution in [2.45, 2.75) is 59.0 Å². The topological polar surface area (TPSA) is 26.3 Å². The van der Waals surface area contributed by atoms with Gasteiger partial charge >= 0.3 is 5.97 Å². The molecule has 2 aliphatic carbocycles. The first-order chi connectivity index (χ1) is 7.58. The van der Waals surface area contributed by atoms with Crippen molar-refractivity contribution in [3.8, 4) is 0 Å². The van der Waals surface area contributed by atoms with E-state index in [1.54, 1.807) is 5.57 Å². The Morgan fingerprint density at radius 1 is 1.50 bits per heavy atom. The molecular formula is C14H22O2. The Kier molecular flexibility index (Phi) is 3.09. The number of carbonyl (C=O) groups is 1. The highest BCUT2D eigenvalue weighted by atomic mass is 16.5. The Morgan fingerprint density at radius 2 is 2.25 bits per heavy atom. The van der Waals surface area contributed by atoms with Gasteiger partial charge in [0.05, 0.1) is 0 Å². The minimum Gasteiger partial charge on any atom is -0.462 e. The number of hydrogen-bond donors (Lipinski definition) is 0. The van der Waals surface area contributed by atoms with E-state index in [-0.39, 0.29) is 12.1 Å². The van der Waals surface area contributed by atoms with E-state index in [4.69, 9.17) is 4.74 Å². The normalized spacial score (nSPS) is 40.8. The lowest BCUT2D eigenvalue weighted by Crippen LogP contribution is -2.39. The molecule has 0 bridgehead atoms. The third-order valence-electron chi connectivity index (χ3n) is 4.58.